The third kappa shape index (κ3) is 5.51. The zero-order chi connectivity index (χ0) is 15.9. The van der Waals surface area contributed by atoms with E-state index in [2.05, 4.69) is 5.32 Å². The van der Waals surface area contributed by atoms with Gasteiger partial charge in [-0.1, -0.05) is 11.6 Å². The van der Waals surface area contributed by atoms with Crippen molar-refractivity contribution in [3.8, 4) is 0 Å². The molecule has 0 aliphatic carbocycles. The summed E-state index contributed by atoms with van der Waals surface area (Å²) in [4.78, 5) is 25.9. The van der Waals surface area contributed by atoms with Gasteiger partial charge in [-0.15, -0.1) is 11.8 Å². The van der Waals surface area contributed by atoms with Gasteiger partial charge in [-0.25, -0.2) is 0 Å². The van der Waals surface area contributed by atoms with E-state index in [1.54, 1.807) is 24.0 Å². The second-order valence-corrected chi connectivity index (χ2v) is 6.49. The van der Waals surface area contributed by atoms with Crippen LogP contribution >= 0.6 is 23.4 Å². The molecule has 2 amide bonds. The molecular formula is C15H19ClN2O3S. The summed E-state index contributed by atoms with van der Waals surface area (Å²) in [6.07, 6.45) is -0.137. The molecule has 0 aromatic heterocycles. The number of morpholine rings is 1. The zero-order valence-corrected chi connectivity index (χ0v) is 14.0. The van der Waals surface area contributed by atoms with Gasteiger partial charge in [-0.3, -0.25) is 9.59 Å². The molecule has 0 radical (unpaired) electrons. The summed E-state index contributed by atoms with van der Waals surface area (Å²) in [5.41, 5.74) is 0. The monoisotopic (exact) mass is 342 g/mol. The van der Waals surface area contributed by atoms with Crippen LogP contribution in [0.15, 0.2) is 29.2 Å². The second kappa shape index (κ2) is 8.41. The highest BCUT2D eigenvalue weighted by molar-refractivity contribution is 8.00. The number of hydrogen-bond donors (Lipinski definition) is 1. The van der Waals surface area contributed by atoms with Crippen molar-refractivity contribution >= 4 is 35.2 Å². The molecule has 0 spiro atoms. The fourth-order valence-corrected chi connectivity index (χ4v) is 2.94. The largest absolute Gasteiger partial charge is 0.373 e. The number of halogens is 1. The maximum absolute atomic E-state index is 11.8. The van der Waals surface area contributed by atoms with Crippen LogP contribution < -0.4 is 5.32 Å². The van der Waals surface area contributed by atoms with E-state index in [1.807, 2.05) is 12.1 Å². The smallest absolute Gasteiger partial charge is 0.230 e. The highest BCUT2D eigenvalue weighted by atomic mass is 35.5. The van der Waals surface area contributed by atoms with Crippen molar-refractivity contribution in [3.63, 3.8) is 0 Å². The minimum absolute atomic E-state index is 0.0397. The van der Waals surface area contributed by atoms with Crippen molar-refractivity contribution in [2.45, 2.75) is 17.9 Å². The van der Waals surface area contributed by atoms with Gasteiger partial charge in [0.2, 0.25) is 11.8 Å². The van der Waals surface area contributed by atoms with Gasteiger partial charge >= 0.3 is 0 Å². The molecule has 7 heteroatoms. The molecule has 120 valence electrons. The van der Waals surface area contributed by atoms with Crippen LogP contribution in [0.3, 0.4) is 0 Å². The number of hydrogen-bond acceptors (Lipinski definition) is 4. The maximum Gasteiger partial charge on any atom is 0.230 e. The van der Waals surface area contributed by atoms with Gasteiger partial charge in [0.15, 0.2) is 0 Å². The Labute approximate surface area is 139 Å². The van der Waals surface area contributed by atoms with Crippen LogP contribution in [0.25, 0.3) is 0 Å². The van der Waals surface area contributed by atoms with Gasteiger partial charge in [-0.05, 0) is 24.3 Å². The molecule has 0 saturated carbocycles. The Morgan fingerprint density at radius 3 is 2.82 bits per heavy atom. The number of thioether (sulfide) groups is 1. The third-order valence-corrected chi connectivity index (χ3v) is 4.56. The Bertz CT molecular complexity index is 524. The Kier molecular flexibility index (Phi) is 6.54. The molecule has 1 fully saturated rings. The zero-order valence-electron chi connectivity index (χ0n) is 12.4. The highest BCUT2D eigenvalue weighted by Crippen LogP contribution is 2.19. The van der Waals surface area contributed by atoms with Gasteiger partial charge < -0.3 is 15.0 Å². The number of nitrogens with one attached hydrogen (secondary N) is 1. The van der Waals surface area contributed by atoms with Crippen molar-refractivity contribution < 1.29 is 14.3 Å². The van der Waals surface area contributed by atoms with E-state index < -0.39 is 0 Å². The number of nitrogens with zero attached hydrogens (tertiary/aromatic N) is 1. The Morgan fingerprint density at radius 1 is 1.41 bits per heavy atom. The lowest BCUT2D eigenvalue weighted by Crippen LogP contribution is -2.49. The minimum Gasteiger partial charge on any atom is -0.373 e. The average Bonchev–Trinajstić information content (AvgIpc) is 2.52. The predicted octanol–water partition coefficient (Wildman–Crippen LogP) is 1.80. The molecule has 0 unspecified atom stereocenters. The van der Waals surface area contributed by atoms with Crippen LogP contribution in [0.1, 0.15) is 6.92 Å². The number of rotatable bonds is 5. The third-order valence-electron chi connectivity index (χ3n) is 3.29. The lowest BCUT2D eigenvalue weighted by Gasteiger charge is -2.32. The van der Waals surface area contributed by atoms with E-state index in [0.29, 0.717) is 37.0 Å². The van der Waals surface area contributed by atoms with E-state index in [4.69, 9.17) is 16.3 Å². The molecule has 1 atom stereocenters. The van der Waals surface area contributed by atoms with Gasteiger partial charge in [0.05, 0.1) is 18.5 Å². The topological polar surface area (TPSA) is 58.6 Å². The van der Waals surface area contributed by atoms with E-state index in [1.165, 1.54) is 11.8 Å². The molecule has 1 aromatic rings. The first-order chi connectivity index (χ1) is 10.5. The molecule has 1 saturated heterocycles. The number of ether oxygens (including phenoxy) is 1. The second-order valence-electron chi connectivity index (χ2n) is 5.00. The van der Waals surface area contributed by atoms with Crippen LogP contribution in [-0.4, -0.2) is 54.8 Å². The molecule has 1 aromatic carbocycles. The van der Waals surface area contributed by atoms with E-state index >= 15 is 0 Å². The van der Waals surface area contributed by atoms with Crippen LogP contribution in [-0.2, 0) is 14.3 Å². The summed E-state index contributed by atoms with van der Waals surface area (Å²) >= 11 is 7.27. The first-order valence-electron chi connectivity index (χ1n) is 7.07. The van der Waals surface area contributed by atoms with Crippen LogP contribution in [0, 0.1) is 0 Å². The molecule has 1 heterocycles. The fourth-order valence-electron chi connectivity index (χ4n) is 2.09. The van der Waals surface area contributed by atoms with Gasteiger partial charge in [0, 0.05) is 36.5 Å². The number of carbonyl (C=O) groups is 2. The van der Waals surface area contributed by atoms with Crippen LogP contribution in [0.2, 0.25) is 5.02 Å². The lowest BCUT2D eigenvalue weighted by molar-refractivity contribution is -0.136. The summed E-state index contributed by atoms with van der Waals surface area (Å²) in [7, 11) is 0. The molecule has 2 rings (SSSR count). The van der Waals surface area contributed by atoms with Crippen molar-refractivity contribution in [3.05, 3.63) is 29.3 Å². The maximum atomic E-state index is 11.8. The quantitative estimate of drug-likeness (QED) is 0.829. The summed E-state index contributed by atoms with van der Waals surface area (Å²) in [5, 5.41) is 3.52. The molecular weight excluding hydrogens is 324 g/mol. The lowest BCUT2D eigenvalue weighted by atomic mass is 10.2. The fraction of sp³-hybridized carbons (Fsp3) is 0.467. The first kappa shape index (κ1) is 17.1. The van der Waals surface area contributed by atoms with Crippen LogP contribution in [0.5, 0.6) is 0 Å². The summed E-state index contributed by atoms with van der Waals surface area (Å²) in [6.45, 7) is 3.62. The summed E-state index contributed by atoms with van der Waals surface area (Å²) < 4.78 is 5.55. The van der Waals surface area contributed by atoms with Crippen LogP contribution in [0.4, 0.5) is 0 Å². The van der Waals surface area contributed by atoms with Crippen molar-refractivity contribution in [2.75, 3.05) is 32.0 Å². The molecule has 1 N–H and O–H groups in total. The molecule has 22 heavy (non-hydrogen) atoms. The van der Waals surface area contributed by atoms with Gasteiger partial charge in [0.25, 0.3) is 0 Å². The summed E-state index contributed by atoms with van der Waals surface area (Å²) in [5.74, 6) is 0.325. The normalized spacial score (nSPS) is 18.1. The molecule has 1 aliphatic rings. The Morgan fingerprint density at radius 2 is 2.14 bits per heavy atom. The molecule has 1 aliphatic heterocycles. The van der Waals surface area contributed by atoms with E-state index in [9.17, 15) is 9.59 Å². The van der Waals surface area contributed by atoms with Crippen molar-refractivity contribution in [1.29, 1.82) is 0 Å². The van der Waals surface area contributed by atoms with Crippen molar-refractivity contribution in [1.82, 2.24) is 10.2 Å². The standard InChI is InChI=1S/C15H19ClN2O3S/c1-11(19)18-6-7-21-13(9-18)8-17-15(20)10-22-14-4-2-12(16)3-5-14/h2-5,13H,6-10H2,1H3,(H,17,20)/t13-/m0/s1. The van der Waals surface area contributed by atoms with Gasteiger partial charge in [0.1, 0.15) is 0 Å². The first-order valence-corrected chi connectivity index (χ1v) is 8.43. The SMILES string of the molecule is CC(=O)N1CCO[C@@H](CNC(=O)CSc2ccc(Cl)cc2)C1. The van der Waals surface area contributed by atoms with Gasteiger partial charge in [-0.2, -0.15) is 0 Å². The van der Waals surface area contributed by atoms with E-state index in [-0.39, 0.29) is 17.9 Å². The minimum atomic E-state index is -0.137. The van der Waals surface area contributed by atoms with E-state index in [0.717, 1.165) is 4.90 Å². The number of benzene rings is 1. The number of carbonyl (C=O) groups excluding carboxylic acids is 2. The number of amides is 2. The predicted molar refractivity (Wildman–Crippen MR) is 87.2 cm³/mol. The Hall–Kier alpha value is -1.24. The molecule has 5 nitrogen and oxygen atoms in total. The summed E-state index contributed by atoms with van der Waals surface area (Å²) in [6, 6.07) is 7.37. The highest BCUT2D eigenvalue weighted by Gasteiger charge is 2.22. The molecule has 0 bridgehead atoms. The average molecular weight is 343 g/mol. The van der Waals surface area contributed by atoms with Crippen molar-refractivity contribution in [2.24, 2.45) is 0 Å². The Balaban J connectivity index is 1.69.